The molecule has 2 aromatic carbocycles. The SMILES string of the molecule is CCCCCCCC[n+]1cc(Sc2ccccc2NNC=O)cc2ccccc21. The van der Waals surface area contributed by atoms with Crippen LogP contribution < -0.4 is 15.4 Å². The molecule has 3 aromatic rings. The van der Waals surface area contributed by atoms with E-state index in [0.29, 0.717) is 6.41 Å². The Bertz CT molecular complexity index is 929. The molecule has 1 heterocycles. The molecule has 0 radical (unpaired) electrons. The van der Waals surface area contributed by atoms with Crippen molar-refractivity contribution >= 4 is 34.8 Å². The summed E-state index contributed by atoms with van der Waals surface area (Å²) in [5.74, 6) is 0. The molecule has 0 bridgehead atoms. The van der Waals surface area contributed by atoms with E-state index in [2.05, 4.69) is 64.9 Å². The monoisotopic (exact) mass is 408 g/mol. The molecule has 0 unspecified atom stereocenters. The van der Waals surface area contributed by atoms with Crippen molar-refractivity contribution in [3.05, 3.63) is 60.8 Å². The van der Waals surface area contributed by atoms with Gasteiger partial charge in [-0.05, 0) is 30.7 Å². The van der Waals surface area contributed by atoms with E-state index in [1.54, 1.807) is 11.8 Å². The summed E-state index contributed by atoms with van der Waals surface area (Å²) in [5.41, 5.74) is 7.65. The van der Waals surface area contributed by atoms with Crippen LogP contribution in [0.2, 0.25) is 0 Å². The lowest BCUT2D eigenvalue weighted by Gasteiger charge is -2.10. The van der Waals surface area contributed by atoms with E-state index in [9.17, 15) is 4.79 Å². The topological polar surface area (TPSA) is 45.0 Å². The molecular formula is C24H30N3OS+. The Labute approximate surface area is 177 Å². The van der Waals surface area contributed by atoms with Crippen molar-refractivity contribution in [1.29, 1.82) is 0 Å². The number of fused-ring (bicyclic) bond motifs is 1. The number of nitrogens with zero attached hydrogens (tertiary/aromatic N) is 1. The number of aryl methyl sites for hydroxylation is 1. The molecule has 0 aliphatic heterocycles. The second-order valence-electron chi connectivity index (χ2n) is 7.18. The van der Waals surface area contributed by atoms with E-state index in [4.69, 9.17) is 0 Å². The van der Waals surface area contributed by atoms with Crippen molar-refractivity contribution in [1.82, 2.24) is 5.43 Å². The van der Waals surface area contributed by atoms with Crippen LogP contribution in [-0.2, 0) is 11.3 Å². The summed E-state index contributed by atoms with van der Waals surface area (Å²) >= 11 is 1.70. The van der Waals surface area contributed by atoms with Gasteiger partial charge >= 0.3 is 0 Å². The Hall–Kier alpha value is -2.53. The van der Waals surface area contributed by atoms with E-state index in [0.717, 1.165) is 17.1 Å². The van der Waals surface area contributed by atoms with Crippen LogP contribution in [0.3, 0.4) is 0 Å². The van der Waals surface area contributed by atoms with Gasteiger partial charge in [-0.25, -0.2) is 0 Å². The van der Waals surface area contributed by atoms with Crippen LogP contribution in [0.1, 0.15) is 45.4 Å². The number of benzene rings is 2. The van der Waals surface area contributed by atoms with Gasteiger partial charge in [0.15, 0.2) is 6.20 Å². The molecule has 4 nitrogen and oxygen atoms in total. The molecule has 0 aliphatic carbocycles. The summed E-state index contributed by atoms with van der Waals surface area (Å²) in [4.78, 5) is 12.9. The molecule has 3 rings (SSSR count). The fraction of sp³-hybridized carbons (Fsp3) is 0.333. The number of amides is 1. The first-order chi connectivity index (χ1) is 14.3. The van der Waals surface area contributed by atoms with Gasteiger partial charge in [0.1, 0.15) is 6.54 Å². The Balaban J connectivity index is 1.78. The van der Waals surface area contributed by atoms with Crippen molar-refractivity contribution in [2.45, 2.75) is 61.8 Å². The van der Waals surface area contributed by atoms with Crippen molar-refractivity contribution in [2.24, 2.45) is 0 Å². The number of pyridine rings is 1. The zero-order valence-electron chi connectivity index (χ0n) is 17.1. The van der Waals surface area contributed by atoms with Crippen molar-refractivity contribution in [3.63, 3.8) is 0 Å². The van der Waals surface area contributed by atoms with E-state index in [1.165, 1.54) is 54.3 Å². The summed E-state index contributed by atoms with van der Waals surface area (Å²) < 4.78 is 2.39. The maximum atomic E-state index is 10.6. The molecule has 0 atom stereocenters. The Morgan fingerprint density at radius 1 is 0.966 bits per heavy atom. The number of hydrazine groups is 1. The second-order valence-corrected chi connectivity index (χ2v) is 8.30. The lowest BCUT2D eigenvalue weighted by atomic mass is 10.1. The third kappa shape index (κ3) is 6.23. The quantitative estimate of drug-likeness (QED) is 0.175. The zero-order chi connectivity index (χ0) is 20.3. The van der Waals surface area contributed by atoms with Crippen LogP contribution in [0.4, 0.5) is 5.69 Å². The maximum Gasteiger partial charge on any atom is 0.225 e. The van der Waals surface area contributed by atoms with Crippen LogP contribution in [0, 0.1) is 0 Å². The van der Waals surface area contributed by atoms with Crippen LogP contribution in [0.5, 0.6) is 0 Å². The standard InChI is InChI=1S/C24H29N3OS/c1-2-3-4-5-6-11-16-27-18-21(17-20-12-7-9-14-23(20)27)29-24-15-10-8-13-22(24)26-25-19-28/h7-10,12-15,17-19,26H,2-6,11,16H2,1H3/p+1. The smallest absolute Gasteiger partial charge is 0.225 e. The second kappa shape index (κ2) is 11.5. The summed E-state index contributed by atoms with van der Waals surface area (Å²) in [5, 5.41) is 1.25. The number of rotatable bonds is 12. The van der Waals surface area contributed by atoms with Gasteiger partial charge < -0.3 is 0 Å². The predicted molar refractivity (Wildman–Crippen MR) is 121 cm³/mol. The highest BCUT2D eigenvalue weighted by molar-refractivity contribution is 7.99. The Kier molecular flexibility index (Phi) is 8.38. The van der Waals surface area contributed by atoms with Crippen LogP contribution >= 0.6 is 11.8 Å². The highest BCUT2D eigenvalue weighted by Crippen LogP contribution is 2.33. The number of carbonyl (C=O) groups excluding carboxylic acids is 1. The van der Waals surface area contributed by atoms with Gasteiger partial charge in [-0.15, -0.1) is 0 Å². The average Bonchev–Trinajstić information content (AvgIpc) is 2.75. The normalized spacial score (nSPS) is 10.8. The molecular weight excluding hydrogens is 378 g/mol. The molecule has 152 valence electrons. The summed E-state index contributed by atoms with van der Waals surface area (Å²) in [7, 11) is 0. The van der Waals surface area contributed by atoms with Gasteiger partial charge in [-0.3, -0.25) is 15.6 Å². The van der Waals surface area contributed by atoms with Crippen LogP contribution in [-0.4, -0.2) is 6.41 Å². The number of unbranched alkanes of at least 4 members (excludes halogenated alkanes) is 5. The minimum absolute atomic E-state index is 0.645. The predicted octanol–water partition coefficient (Wildman–Crippen LogP) is 5.71. The van der Waals surface area contributed by atoms with Gasteiger partial charge in [0.2, 0.25) is 11.9 Å². The summed E-state index contributed by atoms with van der Waals surface area (Å²) in [6.07, 6.45) is 10.7. The number of hydrogen-bond acceptors (Lipinski definition) is 3. The first-order valence-electron chi connectivity index (χ1n) is 10.5. The lowest BCUT2D eigenvalue weighted by molar-refractivity contribution is -0.673. The van der Waals surface area contributed by atoms with Crippen LogP contribution in [0.25, 0.3) is 10.9 Å². The van der Waals surface area contributed by atoms with Gasteiger partial charge in [-0.2, -0.15) is 4.57 Å². The largest absolute Gasteiger partial charge is 0.298 e. The van der Waals surface area contributed by atoms with E-state index < -0.39 is 0 Å². The van der Waals surface area contributed by atoms with Crippen molar-refractivity contribution in [3.8, 4) is 0 Å². The van der Waals surface area contributed by atoms with Crippen LogP contribution in [0.15, 0.2) is 70.6 Å². The first-order valence-corrected chi connectivity index (χ1v) is 11.3. The highest BCUT2D eigenvalue weighted by Gasteiger charge is 2.13. The zero-order valence-corrected chi connectivity index (χ0v) is 17.9. The van der Waals surface area contributed by atoms with Gasteiger partial charge in [0.25, 0.3) is 0 Å². The Morgan fingerprint density at radius 3 is 2.59 bits per heavy atom. The summed E-state index contributed by atoms with van der Waals surface area (Å²) in [6.45, 7) is 3.29. The fourth-order valence-corrected chi connectivity index (χ4v) is 4.48. The molecule has 0 aliphatic rings. The third-order valence-electron chi connectivity index (χ3n) is 4.96. The molecule has 2 N–H and O–H groups in total. The van der Waals surface area contributed by atoms with E-state index >= 15 is 0 Å². The highest BCUT2D eigenvalue weighted by atomic mass is 32.2. The lowest BCUT2D eigenvalue weighted by Crippen LogP contribution is -2.34. The van der Waals surface area contributed by atoms with Gasteiger partial charge in [0.05, 0.1) is 10.6 Å². The molecule has 0 fully saturated rings. The summed E-state index contributed by atoms with van der Waals surface area (Å²) in [6, 6.07) is 18.8. The minimum Gasteiger partial charge on any atom is -0.298 e. The van der Waals surface area contributed by atoms with E-state index in [1.807, 2.05) is 18.2 Å². The number of nitrogens with one attached hydrogen (secondary N) is 2. The molecule has 5 heteroatoms. The molecule has 0 saturated carbocycles. The molecule has 29 heavy (non-hydrogen) atoms. The van der Waals surface area contributed by atoms with Crippen molar-refractivity contribution < 1.29 is 9.36 Å². The minimum atomic E-state index is 0.645. The number of hydrogen-bond donors (Lipinski definition) is 2. The van der Waals surface area contributed by atoms with Crippen molar-refractivity contribution in [2.75, 3.05) is 5.43 Å². The van der Waals surface area contributed by atoms with Gasteiger partial charge in [0, 0.05) is 22.8 Å². The molecule has 1 aromatic heterocycles. The Morgan fingerprint density at radius 2 is 1.72 bits per heavy atom. The number of aromatic nitrogens is 1. The third-order valence-corrected chi connectivity index (χ3v) is 6.00. The molecule has 0 saturated heterocycles. The number of para-hydroxylation sites is 2. The fourth-order valence-electron chi connectivity index (χ4n) is 3.48. The van der Waals surface area contributed by atoms with E-state index in [-0.39, 0.29) is 0 Å². The average molecular weight is 409 g/mol. The first kappa shape index (κ1) is 21.2. The molecule has 0 spiro atoms. The van der Waals surface area contributed by atoms with Gasteiger partial charge in [-0.1, -0.05) is 68.6 Å². The molecule has 1 amide bonds. The maximum absolute atomic E-state index is 10.6. The number of anilines is 1. The number of carbonyl (C=O) groups is 1.